The summed E-state index contributed by atoms with van der Waals surface area (Å²) in [5.74, 6) is -0.943. The van der Waals surface area contributed by atoms with Crippen LogP contribution in [0.5, 0.6) is 0 Å². The van der Waals surface area contributed by atoms with Crippen molar-refractivity contribution in [3.05, 3.63) is 29.6 Å². The number of hydrogen-bond donors (Lipinski definition) is 0. The third-order valence-electron chi connectivity index (χ3n) is 4.78. The van der Waals surface area contributed by atoms with Crippen LogP contribution in [0.3, 0.4) is 0 Å². The highest BCUT2D eigenvalue weighted by Gasteiger charge is 2.46. The van der Waals surface area contributed by atoms with Crippen LogP contribution in [0.25, 0.3) is 0 Å². The van der Waals surface area contributed by atoms with Crippen molar-refractivity contribution in [2.45, 2.75) is 48.8 Å². The molecule has 0 aliphatic carbocycles. The zero-order chi connectivity index (χ0) is 16.8. The number of carbonyl (C=O) groups is 1. The maximum atomic E-state index is 12.7. The molecular weight excluding hydrogens is 331 g/mol. The Morgan fingerprint density at radius 3 is 2.35 bits per heavy atom. The minimum Gasteiger partial charge on any atom is -0.294 e. The Bertz CT molecular complexity index is 710. The second-order valence-electron chi connectivity index (χ2n) is 6.22. The lowest BCUT2D eigenvalue weighted by Crippen LogP contribution is -2.45. The predicted octanol–water partition coefficient (Wildman–Crippen LogP) is 3.03. The number of halogens is 3. The number of aromatic nitrogens is 1. The van der Waals surface area contributed by atoms with Crippen LogP contribution in [0.1, 0.15) is 48.2 Å². The molecule has 2 unspecified atom stereocenters. The molecule has 2 saturated heterocycles. The quantitative estimate of drug-likeness (QED) is 0.772. The maximum absolute atomic E-state index is 12.7. The number of ketones is 1. The van der Waals surface area contributed by atoms with Gasteiger partial charge >= 0.3 is 6.18 Å². The van der Waals surface area contributed by atoms with E-state index in [-0.39, 0.29) is 18.4 Å². The Balaban J connectivity index is 1.85. The molecule has 2 bridgehead atoms. The fourth-order valence-corrected chi connectivity index (χ4v) is 6.13. The number of nitrogens with zero attached hydrogens (tertiary/aromatic N) is 1. The molecular formula is C15H16F3NO3S. The summed E-state index contributed by atoms with van der Waals surface area (Å²) >= 11 is 0. The molecule has 1 aromatic rings. The SMILES string of the molecule is O=C(c1ccnc(C(F)(F)F)c1)C1CC2CCCC(C1)S2(=O)=O. The molecule has 2 fully saturated rings. The molecule has 1 aromatic heterocycles. The number of carbonyl (C=O) groups excluding carboxylic acids is 1. The monoisotopic (exact) mass is 347 g/mol. The minimum absolute atomic E-state index is 0.0466. The summed E-state index contributed by atoms with van der Waals surface area (Å²) in [7, 11) is -3.19. The molecule has 0 spiro atoms. The lowest BCUT2D eigenvalue weighted by Gasteiger charge is -2.38. The zero-order valence-corrected chi connectivity index (χ0v) is 13.0. The highest BCUT2D eigenvalue weighted by atomic mass is 32.2. The van der Waals surface area contributed by atoms with E-state index in [0.29, 0.717) is 12.8 Å². The van der Waals surface area contributed by atoms with Gasteiger partial charge < -0.3 is 0 Å². The number of hydrogen-bond acceptors (Lipinski definition) is 4. The normalized spacial score (nSPS) is 30.0. The van der Waals surface area contributed by atoms with Crippen LogP contribution in [-0.4, -0.2) is 29.7 Å². The van der Waals surface area contributed by atoms with Gasteiger partial charge in [0.1, 0.15) is 5.69 Å². The van der Waals surface area contributed by atoms with Gasteiger partial charge in [-0.05, 0) is 37.8 Å². The number of fused-ring (bicyclic) bond motifs is 2. The molecule has 23 heavy (non-hydrogen) atoms. The largest absolute Gasteiger partial charge is 0.433 e. The average Bonchev–Trinajstić information content (AvgIpc) is 2.44. The van der Waals surface area contributed by atoms with E-state index in [0.717, 1.165) is 18.7 Å². The summed E-state index contributed by atoms with van der Waals surface area (Å²) in [5.41, 5.74) is -1.15. The summed E-state index contributed by atoms with van der Waals surface area (Å²) in [6.07, 6.45) is -1.33. The maximum Gasteiger partial charge on any atom is 0.433 e. The molecule has 0 radical (unpaired) electrons. The second-order valence-corrected chi connectivity index (χ2v) is 8.74. The highest BCUT2D eigenvalue weighted by molar-refractivity contribution is 7.92. The predicted molar refractivity (Wildman–Crippen MR) is 76.6 cm³/mol. The van der Waals surface area contributed by atoms with Gasteiger partial charge in [0.2, 0.25) is 0 Å². The molecule has 8 heteroatoms. The fraction of sp³-hybridized carbons (Fsp3) is 0.600. The van der Waals surface area contributed by atoms with E-state index in [1.807, 2.05) is 0 Å². The third-order valence-corrected chi connectivity index (χ3v) is 7.50. The first-order valence-electron chi connectivity index (χ1n) is 7.50. The minimum atomic E-state index is -4.61. The van der Waals surface area contributed by atoms with E-state index in [4.69, 9.17) is 0 Å². The number of Topliss-reactive ketones (excluding diaryl/α,β-unsaturated/α-hetero) is 1. The third kappa shape index (κ3) is 3.00. The molecule has 2 atom stereocenters. The van der Waals surface area contributed by atoms with E-state index in [9.17, 15) is 26.4 Å². The molecule has 4 nitrogen and oxygen atoms in total. The van der Waals surface area contributed by atoms with Gasteiger partial charge in [0.15, 0.2) is 15.6 Å². The Morgan fingerprint density at radius 2 is 1.78 bits per heavy atom. The van der Waals surface area contributed by atoms with Crippen molar-refractivity contribution in [2.75, 3.05) is 0 Å². The van der Waals surface area contributed by atoms with Crippen molar-refractivity contribution in [2.24, 2.45) is 5.92 Å². The summed E-state index contributed by atoms with van der Waals surface area (Å²) in [6, 6.07) is 2.01. The molecule has 3 rings (SSSR count). The molecule has 0 saturated carbocycles. The smallest absolute Gasteiger partial charge is 0.294 e. The summed E-state index contributed by atoms with van der Waals surface area (Å²) in [4.78, 5) is 15.8. The Hall–Kier alpha value is -1.44. The van der Waals surface area contributed by atoms with Gasteiger partial charge in [0.25, 0.3) is 0 Å². The fourth-order valence-electron chi connectivity index (χ4n) is 3.60. The van der Waals surface area contributed by atoms with E-state index < -0.39 is 43.9 Å². The molecule has 2 aliphatic heterocycles. The van der Waals surface area contributed by atoms with E-state index >= 15 is 0 Å². The van der Waals surface area contributed by atoms with Crippen molar-refractivity contribution >= 4 is 15.6 Å². The van der Waals surface area contributed by atoms with Gasteiger partial charge in [-0.2, -0.15) is 13.2 Å². The number of pyridine rings is 1. The standard InChI is InChI=1S/C15H16F3NO3S/c16-15(17,18)13-8-9(4-5-19-13)14(20)10-6-11-2-1-3-12(7-10)23(11,21)22/h4-5,8,10-12H,1-3,6-7H2. The summed E-state index contributed by atoms with van der Waals surface area (Å²) < 4.78 is 62.6. The van der Waals surface area contributed by atoms with E-state index in [2.05, 4.69) is 4.98 Å². The summed E-state index contributed by atoms with van der Waals surface area (Å²) in [5, 5.41) is -1.07. The molecule has 0 aromatic carbocycles. The van der Waals surface area contributed by atoms with Crippen LogP contribution in [0.4, 0.5) is 13.2 Å². The lowest BCUT2D eigenvalue weighted by molar-refractivity contribution is -0.141. The van der Waals surface area contributed by atoms with Gasteiger partial charge in [0.05, 0.1) is 10.5 Å². The number of sulfone groups is 1. The first kappa shape index (κ1) is 16.4. The molecule has 2 aliphatic rings. The van der Waals surface area contributed by atoms with Crippen LogP contribution in [0.2, 0.25) is 0 Å². The topological polar surface area (TPSA) is 64.1 Å². The van der Waals surface area contributed by atoms with E-state index in [1.54, 1.807) is 0 Å². The Morgan fingerprint density at radius 1 is 1.17 bits per heavy atom. The average molecular weight is 347 g/mol. The Kier molecular flexibility index (Phi) is 3.98. The van der Waals surface area contributed by atoms with Crippen LogP contribution < -0.4 is 0 Å². The van der Waals surface area contributed by atoms with E-state index in [1.165, 1.54) is 6.07 Å². The van der Waals surface area contributed by atoms with Crippen LogP contribution in [0.15, 0.2) is 18.3 Å². The molecule has 0 amide bonds. The molecule has 0 N–H and O–H groups in total. The molecule has 3 heterocycles. The van der Waals surface area contributed by atoms with Gasteiger partial charge in [-0.3, -0.25) is 9.78 Å². The van der Waals surface area contributed by atoms with Gasteiger partial charge in [-0.15, -0.1) is 0 Å². The van der Waals surface area contributed by atoms with Crippen LogP contribution in [0, 0.1) is 5.92 Å². The van der Waals surface area contributed by atoms with Crippen LogP contribution in [-0.2, 0) is 16.0 Å². The molecule has 126 valence electrons. The first-order valence-corrected chi connectivity index (χ1v) is 9.10. The highest BCUT2D eigenvalue weighted by Crippen LogP contribution is 2.40. The Labute approximate surface area is 132 Å². The summed E-state index contributed by atoms with van der Waals surface area (Å²) in [6.45, 7) is 0. The van der Waals surface area contributed by atoms with Crippen molar-refractivity contribution in [3.8, 4) is 0 Å². The first-order chi connectivity index (χ1) is 10.7. The van der Waals surface area contributed by atoms with Gasteiger partial charge in [-0.25, -0.2) is 8.42 Å². The van der Waals surface area contributed by atoms with Crippen LogP contribution >= 0.6 is 0 Å². The van der Waals surface area contributed by atoms with Crippen molar-refractivity contribution < 1.29 is 26.4 Å². The van der Waals surface area contributed by atoms with Crippen molar-refractivity contribution in [3.63, 3.8) is 0 Å². The second kappa shape index (κ2) is 5.58. The lowest BCUT2D eigenvalue weighted by atomic mass is 9.84. The van der Waals surface area contributed by atoms with Crippen molar-refractivity contribution in [1.29, 1.82) is 0 Å². The number of rotatable bonds is 2. The van der Waals surface area contributed by atoms with Crippen molar-refractivity contribution in [1.82, 2.24) is 4.98 Å². The zero-order valence-electron chi connectivity index (χ0n) is 12.2. The van der Waals surface area contributed by atoms with Gasteiger partial charge in [-0.1, -0.05) is 6.42 Å². The van der Waals surface area contributed by atoms with Gasteiger partial charge in [0, 0.05) is 17.7 Å². The number of alkyl halides is 3.